The summed E-state index contributed by atoms with van der Waals surface area (Å²) in [5.74, 6) is 3.11. The van der Waals surface area contributed by atoms with E-state index in [-0.39, 0.29) is 0 Å². The van der Waals surface area contributed by atoms with Gasteiger partial charge >= 0.3 is 0 Å². The summed E-state index contributed by atoms with van der Waals surface area (Å²) >= 11 is 0. The molecule has 124 valence electrons. The molecule has 1 heterocycles. The van der Waals surface area contributed by atoms with E-state index in [1.54, 1.807) is 13.3 Å². The Balaban J connectivity index is 1.83. The Morgan fingerprint density at radius 2 is 1.91 bits per heavy atom. The molecule has 2 N–H and O–H groups in total. The highest BCUT2D eigenvalue weighted by Gasteiger charge is 2.03. The largest absolute Gasteiger partial charge is 0.496 e. The molecule has 2 rings (SSSR count). The van der Waals surface area contributed by atoms with Gasteiger partial charge in [0.15, 0.2) is 0 Å². The number of methoxy groups -OCH3 is 1. The van der Waals surface area contributed by atoms with Crippen molar-refractivity contribution in [3.8, 4) is 5.75 Å². The number of nitrogens with one attached hydrogen (secondary N) is 2. The highest BCUT2D eigenvalue weighted by atomic mass is 16.5. The van der Waals surface area contributed by atoms with E-state index in [1.807, 2.05) is 24.3 Å². The van der Waals surface area contributed by atoms with Crippen LogP contribution in [0.25, 0.3) is 0 Å². The van der Waals surface area contributed by atoms with E-state index in [1.165, 1.54) is 5.56 Å². The number of aromatic nitrogens is 2. The van der Waals surface area contributed by atoms with Crippen LogP contribution in [0.5, 0.6) is 5.75 Å². The maximum Gasteiger partial charge on any atom is 0.224 e. The molecule has 0 saturated carbocycles. The molecule has 23 heavy (non-hydrogen) atoms. The zero-order valence-electron chi connectivity index (χ0n) is 14.2. The number of nitrogens with zero attached hydrogens (tertiary/aromatic N) is 2. The molecule has 0 spiro atoms. The molecule has 0 bridgehead atoms. The van der Waals surface area contributed by atoms with E-state index in [4.69, 9.17) is 4.74 Å². The van der Waals surface area contributed by atoms with Crippen molar-refractivity contribution >= 4 is 11.8 Å². The summed E-state index contributed by atoms with van der Waals surface area (Å²) in [7, 11) is 1.70. The summed E-state index contributed by atoms with van der Waals surface area (Å²) in [6, 6.07) is 9.95. The van der Waals surface area contributed by atoms with Gasteiger partial charge in [-0.3, -0.25) is 0 Å². The Morgan fingerprint density at radius 1 is 1.09 bits per heavy atom. The highest BCUT2D eigenvalue weighted by molar-refractivity contribution is 5.40. The van der Waals surface area contributed by atoms with E-state index in [2.05, 4.69) is 40.5 Å². The molecule has 5 heteroatoms. The van der Waals surface area contributed by atoms with E-state index in [0.717, 1.165) is 37.5 Å². The Kier molecular flexibility index (Phi) is 6.66. The Morgan fingerprint density at radius 3 is 2.70 bits per heavy atom. The van der Waals surface area contributed by atoms with Crippen LogP contribution in [0.1, 0.15) is 25.8 Å². The third kappa shape index (κ3) is 5.77. The van der Waals surface area contributed by atoms with Crippen LogP contribution in [0.15, 0.2) is 36.5 Å². The maximum atomic E-state index is 5.36. The number of rotatable bonds is 9. The summed E-state index contributed by atoms with van der Waals surface area (Å²) in [6.45, 7) is 6.12. The normalized spacial score (nSPS) is 10.6. The van der Waals surface area contributed by atoms with Crippen LogP contribution in [0.4, 0.5) is 11.8 Å². The molecule has 0 aliphatic heterocycles. The fourth-order valence-electron chi connectivity index (χ4n) is 2.25. The van der Waals surface area contributed by atoms with Crippen LogP contribution in [0.3, 0.4) is 0 Å². The minimum absolute atomic E-state index is 0.648. The summed E-state index contributed by atoms with van der Waals surface area (Å²) in [4.78, 5) is 8.74. The molecule has 5 nitrogen and oxygen atoms in total. The van der Waals surface area contributed by atoms with Crippen molar-refractivity contribution in [2.75, 3.05) is 30.8 Å². The SMILES string of the molecule is COc1ccccc1CCNc1nccc(NCCC(C)C)n1. The number of ether oxygens (including phenoxy) is 1. The molecule has 1 aromatic carbocycles. The van der Waals surface area contributed by atoms with Gasteiger partial charge in [-0.1, -0.05) is 32.0 Å². The number of benzene rings is 1. The number of para-hydroxylation sites is 1. The lowest BCUT2D eigenvalue weighted by molar-refractivity contribution is 0.410. The maximum absolute atomic E-state index is 5.36. The van der Waals surface area contributed by atoms with Gasteiger partial charge in [0.1, 0.15) is 11.6 Å². The average molecular weight is 314 g/mol. The topological polar surface area (TPSA) is 59.1 Å². The van der Waals surface area contributed by atoms with Gasteiger partial charge in [0.25, 0.3) is 0 Å². The van der Waals surface area contributed by atoms with Crippen molar-refractivity contribution in [2.24, 2.45) is 5.92 Å². The van der Waals surface area contributed by atoms with E-state index in [9.17, 15) is 0 Å². The number of anilines is 2. The fraction of sp³-hybridized carbons (Fsp3) is 0.444. The zero-order chi connectivity index (χ0) is 16.5. The van der Waals surface area contributed by atoms with Crippen molar-refractivity contribution in [3.63, 3.8) is 0 Å². The lowest BCUT2D eigenvalue weighted by Crippen LogP contribution is -2.11. The van der Waals surface area contributed by atoms with E-state index < -0.39 is 0 Å². The first-order valence-corrected chi connectivity index (χ1v) is 8.11. The zero-order valence-corrected chi connectivity index (χ0v) is 14.2. The van der Waals surface area contributed by atoms with Crippen LogP contribution in [-0.4, -0.2) is 30.2 Å². The first kappa shape index (κ1) is 17.1. The molecule has 0 aliphatic rings. The number of hydrogen-bond donors (Lipinski definition) is 2. The highest BCUT2D eigenvalue weighted by Crippen LogP contribution is 2.17. The second kappa shape index (κ2) is 8.98. The molecule has 0 fully saturated rings. The molecule has 2 aromatic rings. The predicted molar refractivity (Wildman–Crippen MR) is 95.2 cm³/mol. The minimum atomic E-state index is 0.648. The molecule has 0 radical (unpaired) electrons. The summed E-state index contributed by atoms with van der Waals surface area (Å²) in [6.07, 6.45) is 3.76. The predicted octanol–water partition coefficient (Wildman–Crippen LogP) is 3.60. The lowest BCUT2D eigenvalue weighted by Gasteiger charge is -2.10. The molecule has 0 amide bonds. The van der Waals surface area contributed by atoms with Gasteiger partial charge in [-0.05, 0) is 36.5 Å². The Hall–Kier alpha value is -2.30. The van der Waals surface area contributed by atoms with Gasteiger partial charge in [0.2, 0.25) is 5.95 Å². The van der Waals surface area contributed by atoms with Gasteiger partial charge < -0.3 is 15.4 Å². The standard InChI is InChI=1S/C18H26N4O/c1-14(2)8-11-19-17-10-13-21-18(22-17)20-12-9-15-6-4-5-7-16(15)23-3/h4-7,10,13-14H,8-9,11-12H2,1-3H3,(H2,19,20,21,22). The lowest BCUT2D eigenvalue weighted by atomic mass is 10.1. The first-order valence-electron chi connectivity index (χ1n) is 8.11. The minimum Gasteiger partial charge on any atom is -0.496 e. The molecule has 0 atom stereocenters. The molecular formula is C18H26N4O. The van der Waals surface area contributed by atoms with Crippen molar-refractivity contribution in [2.45, 2.75) is 26.7 Å². The second-order valence-electron chi connectivity index (χ2n) is 5.86. The van der Waals surface area contributed by atoms with Gasteiger partial charge in [-0.25, -0.2) is 4.98 Å². The molecule has 0 unspecified atom stereocenters. The Labute approximate surface area is 138 Å². The first-order chi connectivity index (χ1) is 11.2. The van der Waals surface area contributed by atoms with Crippen LogP contribution >= 0.6 is 0 Å². The van der Waals surface area contributed by atoms with Gasteiger partial charge in [0, 0.05) is 19.3 Å². The average Bonchev–Trinajstić information content (AvgIpc) is 2.55. The van der Waals surface area contributed by atoms with Crippen molar-refractivity contribution in [1.82, 2.24) is 9.97 Å². The van der Waals surface area contributed by atoms with Gasteiger partial charge in [0.05, 0.1) is 7.11 Å². The van der Waals surface area contributed by atoms with E-state index >= 15 is 0 Å². The molecule has 0 saturated heterocycles. The van der Waals surface area contributed by atoms with Crippen molar-refractivity contribution in [1.29, 1.82) is 0 Å². The third-order valence-electron chi connectivity index (χ3n) is 3.55. The molecular weight excluding hydrogens is 288 g/mol. The molecule has 1 aromatic heterocycles. The van der Waals surface area contributed by atoms with Crippen LogP contribution < -0.4 is 15.4 Å². The summed E-state index contributed by atoms with van der Waals surface area (Å²) in [5.41, 5.74) is 1.17. The quantitative estimate of drug-likeness (QED) is 0.740. The smallest absolute Gasteiger partial charge is 0.224 e. The van der Waals surface area contributed by atoms with Crippen LogP contribution in [0, 0.1) is 5.92 Å². The fourth-order valence-corrected chi connectivity index (χ4v) is 2.25. The van der Waals surface area contributed by atoms with E-state index in [0.29, 0.717) is 11.9 Å². The summed E-state index contributed by atoms with van der Waals surface area (Å²) < 4.78 is 5.36. The van der Waals surface area contributed by atoms with Crippen LogP contribution in [-0.2, 0) is 6.42 Å². The monoisotopic (exact) mass is 314 g/mol. The Bertz CT molecular complexity index is 601. The third-order valence-corrected chi connectivity index (χ3v) is 3.55. The van der Waals surface area contributed by atoms with Crippen LogP contribution in [0.2, 0.25) is 0 Å². The van der Waals surface area contributed by atoms with Crippen molar-refractivity contribution < 1.29 is 4.74 Å². The molecule has 0 aliphatic carbocycles. The number of hydrogen-bond acceptors (Lipinski definition) is 5. The summed E-state index contributed by atoms with van der Waals surface area (Å²) in [5, 5.41) is 6.60. The second-order valence-corrected chi connectivity index (χ2v) is 5.86. The van der Waals surface area contributed by atoms with Gasteiger partial charge in [-0.2, -0.15) is 4.98 Å². The van der Waals surface area contributed by atoms with Gasteiger partial charge in [-0.15, -0.1) is 0 Å². The van der Waals surface area contributed by atoms with Crippen molar-refractivity contribution in [3.05, 3.63) is 42.1 Å².